The summed E-state index contributed by atoms with van der Waals surface area (Å²) in [5.41, 5.74) is -0.615. The van der Waals surface area contributed by atoms with Gasteiger partial charge in [0, 0.05) is 0 Å². The quantitative estimate of drug-likeness (QED) is 0.828. The summed E-state index contributed by atoms with van der Waals surface area (Å²) < 4.78 is 39.7. The molecule has 0 aliphatic rings. The Hall–Kier alpha value is -1.03. The maximum Gasteiger partial charge on any atom is 0.301 e. The van der Waals surface area contributed by atoms with Crippen LogP contribution in [0.15, 0.2) is 18.2 Å². The average molecular weight is 234 g/mol. The summed E-state index contributed by atoms with van der Waals surface area (Å²) in [4.78, 5) is 0. The van der Waals surface area contributed by atoms with Gasteiger partial charge in [-0.2, -0.15) is 8.78 Å². The zero-order chi connectivity index (χ0) is 12.9. The monoisotopic (exact) mass is 234 g/mol. The van der Waals surface area contributed by atoms with Gasteiger partial charge in [0.15, 0.2) is 0 Å². The van der Waals surface area contributed by atoms with Crippen molar-refractivity contribution < 1.29 is 18.3 Å². The normalized spacial score (nSPS) is 12.8. The fraction of sp³-hybridized carbons (Fsp3) is 0.500. The minimum absolute atomic E-state index is 0.142. The van der Waals surface area contributed by atoms with Gasteiger partial charge in [0.25, 0.3) is 0 Å². The lowest BCUT2D eigenvalue weighted by atomic mass is 10.0. The molecule has 0 aliphatic carbocycles. The average Bonchev–Trinajstić information content (AvgIpc) is 2.24. The van der Waals surface area contributed by atoms with Crippen LogP contribution >= 0.6 is 0 Å². The first-order valence-corrected chi connectivity index (χ1v) is 5.19. The minimum Gasteiger partial charge on any atom is -0.387 e. The molecule has 0 heterocycles. The third kappa shape index (κ3) is 2.98. The van der Waals surface area contributed by atoms with Crippen molar-refractivity contribution in [1.82, 2.24) is 0 Å². The van der Waals surface area contributed by atoms with Crippen molar-refractivity contribution in [2.45, 2.75) is 39.7 Å². The molecular weight excluding hydrogens is 217 g/mol. The number of alkyl halides is 2. The van der Waals surface area contributed by atoms with Gasteiger partial charge in [0.05, 0.1) is 5.56 Å². The van der Waals surface area contributed by atoms with Crippen LogP contribution in [0.3, 0.4) is 0 Å². The van der Waals surface area contributed by atoms with Gasteiger partial charge in [-0.1, -0.05) is 26.0 Å². The summed E-state index contributed by atoms with van der Waals surface area (Å²) in [6, 6.07) is 3.72. The molecule has 1 nitrogen and oxygen atoms in total. The highest BCUT2D eigenvalue weighted by molar-refractivity contribution is 5.29. The van der Waals surface area contributed by atoms with Crippen LogP contribution in [0.5, 0.6) is 0 Å². The number of rotatable bonds is 2. The van der Waals surface area contributed by atoms with E-state index in [2.05, 4.69) is 0 Å². The highest BCUT2D eigenvalue weighted by Crippen LogP contribution is 2.34. The molecule has 0 bridgehead atoms. The highest BCUT2D eigenvalue weighted by atomic mass is 19.3. The molecule has 0 saturated carbocycles. The second-order valence-electron chi connectivity index (χ2n) is 3.24. The molecule has 1 N–H and O–H groups in total. The first-order chi connectivity index (χ1) is 7.37. The van der Waals surface area contributed by atoms with E-state index in [0.29, 0.717) is 0 Å². The van der Waals surface area contributed by atoms with E-state index in [0.717, 1.165) is 13.0 Å². The maximum atomic E-state index is 13.3. The molecule has 0 amide bonds. The smallest absolute Gasteiger partial charge is 0.301 e. The van der Waals surface area contributed by atoms with Crippen molar-refractivity contribution in [2.75, 3.05) is 0 Å². The highest BCUT2D eigenvalue weighted by Gasteiger charge is 2.40. The zero-order valence-electron chi connectivity index (χ0n) is 9.89. The summed E-state index contributed by atoms with van der Waals surface area (Å²) in [5, 5.41) is 8.83. The van der Waals surface area contributed by atoms with Gasteiger partial charge in [0.1, 0.15) is 11.9 Å². The molecule has 0 aliphatic heterocycles. The van der Waals surface area contributed by atoms with Crippen LogP contribution in [0.1, 0.15) is 31.9 Å². The molecule has 92 valence electrons. The summed E-state index contributed by atoms with van der Waals surface area (Å²) in [7, 11) is 0. The molecule has 4 heteroatoms. The second kappa shape index (κ2) is 5.89. The molecule has 1 unspecified atom stereocenters. The van der Waals surface area contributed by atoms with Gasteiger partial charge in [-0.15, -0.1) is 0 Å². The predicted molar refractivity (Wildman–Crippen MR) is 58.1 cm³/mol. The van der Waals surface area contributed by atoms with Crippen molar-refractivity contribution in [1.29, 1.82) is 0 Å². The Morgan fingerprint density at radius 2 is 1.75 bits per heavy atom. The van der Waals surface area contributed by atoms with Crippen LogP contribution in [-0.4, -0.2) is 11.2 Å². The van der Waals surface area contributed by atoms with E-state index in [1.165, 1.54) is 19.1 Å². The Labute approximate surface area is 93.9 Å². The van der Waals surface area contributed by atoms with Gasteiger partial charge < -0.3 is 5.11 Å². The van der Waals surface area contributed by atoms with Gasteiger partial charge in [-0.05, 0) is 25.5 Å². The van der Waals surface area contributed by atoms with Gasteiger partial charge >= 0.3 is 5.92 Å². The third-order valence-corrected chi connectivity index (χ3v) is 2.08. The van der Waals surface area contributed by atoms with Crippen molar-refractivity contribution in [3.8, 4) is 0 Å². The van der Waals surface area contributed by atoms with E-state index in [9.17, 15) is 13.2 Å². The molecule has 1 aromatic rings. The lowest BCUT2D eigenvalue weighted by Gasteiger charge is -2.20. The summed E-state index contributed by atoms with van der Waals surface area (Å²) in [6.07, 6.45) is -1.90. The maximum absolute atomic E-state index is 13.3. The summed E-state index contributed by atoms with van der Waals surface area (Å²) in [5.74, 6) is -4.51. The van der Waals surface area contributed by atoms with E-state index in [1.807, 2.05) is 13.8 Å². The number of halogens is 3. The minimum atomic E-state index is -3.55. The molecule has 0 saturated heterocycles. The SMILES string of the molecule is CC.Cc1cccc(C(F)(F)C(C)O)c1F. The van der Waals surface area contributed by atoms with E-state index in [4.69, 9.17) is 5.11 Å². The molecule has 0 aromatic heterocycles. The van der Waals surface area contributed by atoms with Crippen LogP contribution in [0, 0.1) is 12.7 Å². The lowest BCUT2D eigenvalue weighted by molar-refractivity contribution is -0.108. The summed E-state index contributed by atoms with van der Waals surface area (Å²) >= 11 is 0. The van der Waals surface area contributed by atoms with Crippen molar-refractivity contribution in [2.24, 2.45) is 0 Å². The standard InChI is InChI=1S/C10H11F3O.C2H6/c1-6-4-3-5-8(9(6)11)10(12,13)7(2)14;1-2/h3-5,7,14H,1-2H3;1-2H3. The first-order valence-electron chi connectivity index (χ1n) is 5.19. The molecule has 1 aromatic carbocycles. The van der Waals surface area contributed by atoms with E-state index < -0.39 is 23.4 Å². The largest absolute Gasteiger partial charge is 0.387 e. The molecule has 16 heavy (non-hydrogen) atoms. The zero-order valence-corrected chi connectivity index (χ0v) is 9.89. The number of aliphatic hydroxyl groups excluding tert-OH is 1. The Morgan fingerprint density at radius 3 is 2.19 bits per heavy atom. The number of hydrogen-bond donors (Lipinski definition) is 1. The molecule has 0 spiro atoms. The molecule has 0 fully saturated rings. The fourth-order valence-corrected chi connectivity index (χ4v) is 1.13. The lowest BCUT2D eigenvalue weighted by Crippen LogP contribution is -2.29. The predicted octanol–water partition coefficient (Wildman–Crippen LogP) is 3.63. The third-order valence-electron chi connectivity index (χ3n) is 2.08. The molecule has 1 rings (SSSR count). The van der Waals surface area contributed by atoms with E-state index >= 15 is 0 Å². The van der Waals surface area contributed by atoms with Gasteiger partial charge in [-0.3, -0.25) is 0 Å². The Kier molecular flexibility index (Phi) is 5.51. The molecular formula is C12H17F3O. The second-order valence-corrected chi connectivity index (χ2v) is 3.24. The number of hydrogen-bond acceptors (Lipinski definition) is 1. The fourth-order valence-electron chi connectivity index (χ4n) is 1.13. The van der Waals surface area contributed by atoms with Crippen molar-refractivity contribution >= 4 is 0 Å². The topological polar surface area (TPSA) is 20.2 Å². The molecule has 1 atom stereocenters. The van der Waals surface area contributed by atoms with Crippen molar-refractivity contribution in [3.05, 3.63) is 35.1 Å². The first kappa shape index (κ1) is 15.0. The van der Waals surface area contributed by atoms with E-state index in [-0.39, 0.29) is 5.56 Å². The number of benzene rings is 1. The van der Waals surface area contributed by atoms with Crippen LogP contribution < -0.4 is 0 Å². The Morgan fingerprint density at radius 1 is 1.25 bits per heavy atom. The van der Waals surface area contributed by atoms with Crippen LogP contribution in [-0.2, 0) is 5.92 Å². The van der Waals surface area contributed by atoms with Crippen LogP contribution in [0.4, 0.5) is 13.2 Å². The van der Waals surface area contributed by atoms with Crippen LogP contribution in [0.2, 0.25) is 0 Å². The van der Waals surface area contributed by atoms with Gasteiger partial charge in [-0.25, -0.2) is 4.39 Å². The molecule has 0 radical (unpaired) electrons. The van der Waals surface area contributed by atoms with Gasteiger partial charge in [0.2, 0.25) is 0 Å². The Bertz CT molecular complexity index is 335. The Balaban J connectivity index is 0.00000106. The number of aliphatic hydroxyl groups is 1. The van der Waals surface area contributed by atoms with Crippen molar-refractivity contribution in [3.63, 3.8) is 0 Å². The van der Waals surface area contributed by atoms with E-state index in [1.54, 1.807) is 0 Å². The number of aryl methyl sites for hydroxylation is 1. The summed E-state index contributed by atoms with van der Waals surface area (Å²) in [6.45, 7) is 6.33. The van der Waals surface area contributed by atoms with Crippen LogP contribution in [0.25, 0.3) is 0 Å².